The van der Waals surface area contributed by atoms with E-state index < -0.39 is 0 Å². The Morgan fingerprint density at radius 3 is 2.40 bits per heavy atom. The summed E-state index contributed by atoms with van der Waals surface area (Å²) >= 11 is 6.02. The summed E-state index contributed by atoms with van der Waals surface area (Å²) in [7, 11) is 0. The lowest BCUT2D eigenvalue weighted by atomic mass is 9.97. The molecule has 2 nitrogen and oxygen atoms in total. The Labute approximate surface area is 151 Å². The first-order valence-corrected chi connectivity index (χ1v) is 8.51. The van der Waals surface area contributed by atoms with E-state index in [0.29, 0.717) is 11.4 Å². The van der Waals surface area contributed by atoms with Crippen LogP contribution < -0.4 is 5.32 Å². The lowest BCUT2D eigenvalue weighted by molar-refractivity contribution is 0.626. The van der Waals surface area contributed by atoms with Gasteiger partial charge in [0.2, 0.25) is 0 Å². The quantitative estimate of drug-likeness (QED) is 0.588. The van der Waals surface area contributed by atoms with Gasteiger partial charge in [0.15, 0.2) is 0 Å². The van der Waals surface area contributed by atoms with Crippen LogP contribution in [0.3, 0.4) is 0 Å². The van der Waals surface area contributed by atoms with Crippen LogP contribution in [0.2, 0.25) is 5.02 Å². The van der Waals surface area contributed by atoms with E-state index in [1.165, 1.54) is 12.1 Å². The number of halogens is 2. The Bertz CT molecular complexity index is 917. The molecule has 1 aliphatic heterocycles. The molecular weight excluding hydrogens is 335 g/mol. The van der Waals surface area contributed by atoms with Crippen molar-refractivity contribution in [3.63, 3.8) is 0 Å². The fourth-order valence-corrected chi connectivity index (χ4v) is 3.16. The predicted molar refractivity (Wildman–Crippen MR) is 101 cm³/mol. The molecule has 1 N–H and O–H groups in total. The average molecular weight is 351 g/mol. The second-order valence-corrected chi connectivity index (χ2v) is 6.47. The third kappa shape index (κ3) is 3.42. The second-order valence-electron chi connectivity index (χ2n) is 6.04. The van der Waals surface area contributed by atoms with Crippen LogP contribution in [0.5, 0.6) is 0 Å². The zero-order chi connectivity index (χ0) is 17.2. The molecule has 4 heteroatoms. The highest BCUT2D eigenvalue weighted by Crippen LogP contribution is 2.35. The van der Waals surface area contributed by atoms with Crippen LogP contribution in [0.1, 0.15) is 23.6 Å². The van der Waals surface area contributed by atoms with Gasteiger partial charge in [-0.1, -0.05) is 48.0 Å². The van der Waals surface area contributed by atoms with Crippen molar-refractivity contribution in [2.45, 2.75) is 12.5 Å². The monoisotopic (exact) mass is 350 g/mol. The van der Waals surface area contributed by atoms with Crippen molar-refractivity contribution in [2.24, 2.45) is 4.99 Å². The van der Waals surface area contributed by atoms with Gasteiger partial charge in [-0.25, -0.2) is 4.39 Å². The van der Waals surface area contributed by atoms with E-state index in [4.69, 9.17) is 16.6 Å². The van der Waals surface area contributed by atoms with E-state index in [1.54, 1.807) is 0 Å². The number of aliphatic imine (C=N–C) groups is 1. The number of benzene rings is 3. The minimum absolute atomic E-state index is 0.0127. The molecule has 0 spiro atoms. The summed E-state index contributed by atoms with van der Waals surface area (Å²) in [6, 6.07) is 22.3. The molecule has 1 aliphatic rings. The van der Waals surface area contributed by atoms with Gasteiger partial charge < -0.3 is 5.32 Å². The maximum atomic E-state index is 13.3. The number of nitrogens with zero attached hydrogens (tertiary/aromatic N) is 1. The molecule has 1 heterocycles. The fraction of sp³-hybridized carbons (Fsp3) is 0.0952. The van der Waals surface area contributed by atoms with E-state index >= 15 is 0 Å². The maximum Gasteiger partial charge on any atom is 0.123 e. The first-order valence-electron chi connectivity index (χ1n) is 8.13. The van der Waals surface area contributed by atoms with Crippen molar-refractivity contribution in [1.29, 1.82) is 0 Å². The maximum absolute atomic E-state index is 13.3. The third-order valence-corrected chi connectivity index (χ3v) is 4.59. The number of hydrogen-bond acceptors (Lipinski definition) is 2. The Hall–Kier alpha value is -2.65. The average Bonchev–Trinajstić information content (AvgIpc) is 2.82. The third-order valence-electron chi connectivity index (χ3n) is 4.34. The molecular formula is C21H16ClFN2. The summed E-state index contributed by atoms with van der Waals surface area (Å²) in [5.41, 5.74) is 4.91. The largest absolute Gasteiger partial charge is 0.376 e. The molecule has 3 aromatic carbocycles. The van der Waals surface area contributed by atoms with Gasteiger partial charge in [-0.15, -0.1) is 0 Å². The number of anilines is 1. The summed E-state index contributed by atoms with van der Waals surface area (Å²) in [5.74, 6) is -0.232. The van der Waals surface area contributed by atoms with Gasteiger partial charge in [0.1, 0.15) is 5.82 Å². The van der Waals surface area contributed by atoms with Gasteiger partial charge >= 0.3 is 0 Å². The topological polar surface area (TPSA) is 24.4 Å². The first-order chi connectivity index (χ1) is 12.2. The zero-order valence-corrected chi connectivity index (χ0v) is 14.2. The van der Waals surface area contributed by atoms with Crippen LogP contribution in [0.25, 0.3) is 0 Å². The molecule has 25 heavy (non-hydrogen) atoms. The summed E-state index contributed by atoms with van der Waals surface area (Å²) < 4.78 is 13.3. The molecule has 1 atom stereocenters. The van der Waals surface area contributed by atoms with Crippen molar-refractivity contribution in [3.05, 3.63) is 94.8 Å². The summed E-state index contributed by atoms with van der Waals surface area (Å²) in [6.07, 6.45) is 0.696. The van der Waals surface area contributed by atoms with Gasteiger partial charge in [0.25, 0.3) is 0 Å². The Kier molecular flexibility index (Phi) is 4.24. The molecule has 0 radical (unpaired) electrons. The second kappa shape index (κ2) is 6.69. The van der Waals surface area contributed by atoms with Crippen LogP contribution >= 0.6 is 11.6 Å². The highest BCUT2D eigenvalue weighted by molar-refractivity contribution is 6.30. The molecule has 3 aromatic rings. The molecule has 1 unspecified atom stereocenters. The van der Waals surface area contributed by atoms with E-state index in [9.17, 15) is 4.39 Å². The molecule has 0 fully saturated rings. The number of hydrogen-bond donors (Lipinski definition) is 1. The Morgan fingerprint density at radius 1 is 0.920 bits per heavy atom. The SMILES string of the molecule is Fc1ccc(C2CC(c3ccc(Cl)cc3)=Nc3ccccc3N2)cc1. The summed E-state index contributed by atoms with van der Waals surface area (Å²) in [5, 5.41) is 4.24. The number of para-hydroxylation sites is 2. The van der Waals surface area contributed by atoms with E-state index in [0.717, 1.165) is 28.2 Å². The van der Waals surface area contributed by atoms with E-state index in [-0.39, 0.29) is 11.9 Å². The Balaban J connectivity index is 1.78. The van der Waals surface area contributed by atoms with Crippen molar-refractivity contribution in [3.8, 4) is 0 Å². The molecule has 0 amide bonds. The van der Waals surface area contributed by atoms with Crippen LogP contribution in [-0.2, 0) is 0 Å². The summed E-state index contributed by atoms with van der Waals surface area (Å²) in [4.78, 5) is 4.87. The van der Waals surface area contributed by atoms with Gasteiger partial charge in [-0.2, -0.15) is 0 Å². The minimum atomic E-state index is -0.232. The van der Waals surface area contributed by atoms with Gasteiger partial charge in [-0.3, -0.25) is 4.99 Å². The normalized spacial score (nSPS) is 16.4. The highest BCUT2D eigenvalue weighted by atomic mass is 35.5. The minimum Gasteiger partial charge on any atom is -0.376 e. The van der Waals surface area contributed by atoms with Gasteiger partial charge in [0.05, 0.1) is 23.1 Å². The van der Waals surface area contributed by atoms with E-state index in [1.807, 2.05) is 60.7 Å². The number of fused-ring (bicyclic) bond motifs is 1. The highest BCUT2D eigenvalue weighted by Gasteiger charge is 2.21. The predicted octanol–water partition coefficient (Wildman–Crippen LogP) is 6.16. The van der Waals surface area contributed by atoms with Crippen molar-refractivity contribution in [1.82, 2.24) is 0 Å². The van der Waals surface area contributed by atoms with Crippen LogP contribution in [-0.4, -0.2) is 5.71 Å². The zero-order valence-electron chi connectivity index (χ0n) is 13.4. The van der Waals surface area contributed by atoms with Gasteiger partial charge in [-0.05, 0) is 47.5 Å². The molecule has 0 aliphatic carbocycles. The number of nitrogens with one attached hydrogen (secondary N) is 1. The van der Waals surface area contributed by atoms with Crippen LogP contribution in [0, 0.1) is 5.82 Å². The van der Waals surface area contributed by atoms with E-state index in [2.05, 4.69) is 5.32 Å². The fourth-order valence-electron chi connectivity index (χ4n) is 3.04. The van der Waals surface area contributed by atoms with Crippen molar-refractivity contribution >= 4 is 28.7 Å². The molecule has 4 rings (SSSR count). The number of rotatable bonds is 2. The first kappa shape index (κ1) is 15.9. The molecule has 0 saturated heterocycles. The van der Waals surface area contributed by atoms with Crippen molar-refractivity contribution in [2.75, 3.05) is 5.32 Å². The molecule has 0 saturated carbocycles. The smallest absolute Gasteiger partial charge is 0.123 e. The summed E-state index contributed by atoms with van der Waals surface area (Å²) in [6.45, 7) is 0. The lowest BCUT2D eigenvalue weighted by Crippen LogP contribution is -2.14. The van der Waals surface area contributed by atoms with Gasteiger partial charge in [0, 0.05) is 11.4 Å². The lowest BCUT2D eigenvalue weighted by Gasteiger charge is -2.19. The van der Waals surface area contributed by atoms with Crippen molar-refractivity contribution < 1.29 is 4.39 Å². The molecule has 124 valence electrons. The molecule has 0 bridgehead atoms. The standard InChI is InChI=1S/C21H16ClFN2/c22-16-9-5-14(6-10-16)20-13-21(15-7-11-17(23)12-8-15)25-19-4-2-1-3-18(19)24-20/h1-12,21,25H,13H2. The molecule has 0 aromatic heterocycles. The van der Waals surface area contributed by atoms with Crippen LogP contribution in [0.15, 0.2) is 77.8 Å². The van der Waals surface area contributed by atoms with Crippen LogP contribution in [0.4, 0.5) is 15.8 Å². The Morgan fingerprint density at radius 2 is 1.64 bits per heavy atom.